The van der Waals surface area contributed by atoms with Gasteiger partial charge in [0.05, 0.1) is 0 Å². The Bertz CT molecular complexity index is 197. The zero-order valence-corrected chi connectivity index (χ0v) is 10.4. The lowest BCUT2D eigenvalue weighted by Gasteiger charge is -2.42. The fraction of sp³-hybridized carbons (Fsp3) is 1.00. The van der Waals surface area contributed by atoms with Gasteiger partial charge in [0.25, 0.3) is 0 Å². The molecule has 0 aromatic heterocycles. The van der Waals surface area contributed by atoms with Crippen LogP contribution in [-0.2, 0) is 0 Å². The standard InChI is InChI=1S/C13H26N2/c1-13(8-4-5-9-14-13)11-12-7-3-6-10-15(12)2/h12,14H,3-11H2,1-2H3. The van der Waals surface area contributed by atoms with Crippen LogP contribution in [0.2, 0.25) is 0 Å². The molecule has 2 fully saturated rings. The molecule has 2 rings (SSSR count). The molecule has 0 aromatic carbocycles. The minimum atomic E-state index is 0.425. The molecule has 88 valence electrons. The van der Waals surface area contributed by atoms with Gasteiger partial charge in [-0.2, -0.15) is 0 Å². The van der Waals surface area contributed by atoms with E-state index in [-0.39, 0.29) is 0 Å². The monoisotopic (exact) mass is 210 g/mol. The lowest BCUT2D eigenvalue weighted by Crippen LogP contribution is -2.51. The summed E-state index contributed by atoms with van der Waals surface area (Å²) < 4.78 is 0. The number of nitrogens with one attached hydrogen (secondary N) is 1. The number of piperidine rings is 2. The van der Waals surface area contributed by atoms with Gasteiger partial charge in [-0.05, 0) is 59.2 Å². The van der Waals surface area contributed by atoms with Gasteiger partial charge in [0.2, 0.25) is 0 Å². The van der Waals surface area contributed by atoms with Gasteiger partial charge >= 0.3 is 0 Å². The Morgan fingerprint density at radius 1 is 1.27 bits per heavy atom. The van der Waals surface area contributed by atoms with E-state index in [1.165, 1.54) is 58.0 Å². The van der Waals surface area contributed by atoms with Gasteiger partial charge in [-0.3, -0.25) is 0 Å². The number of nitrogens with zero attached hydrogens (tertiary/aromatic N) is 1. The van der Waals surface area contributed by atoms with Crippen molar-refractivity contribution >= 4 is 0 Å². The predicted molar refractivity (Wildman–Crippen MR) is 65.1 cm³/mol. The second kappa shape index (κ2) is 4.84. The molecule has 0 aromatic rings. The normalized spacial score (nSPS) is 39.2. The zero-order valence-electron chi connectivity index (χ0n) is 10.4. The molecule has 0 amide bonds. The van der Waals surface area contributed by atoms with Crippen LogP contribution in [0.4, 0.5) is 0 Å². The molecule has 0 bridgehead atoms. The fourth-order valence-corrected chi connectivity index (χ4v) is 3.22. The smallest absolute Gasteiger partial charge is 0.0168 e. The fourth-order valence-electron chi connectivity index (χ4n) is 3.22. The van der Waals surface area contributed by atoms with Crippen LogP contribution < -0.4 is 5.32 Å². The summed E-state index contributed by atoms with van der Waals surface area (Å²) in [5.74, 6) is 0. The minimum absolute atomic E-state index is 0.425. The summed E-state index contributed by atoms with van der Waals surface area (Å²) in [7, 11) is 2.30. The quantitative estimate of drug-likeness (QED) is 0.753. The summed E-state index contributed by atoms with van der Waals surface area (Å²) >= 11 is 0. The van der Waals surface area contributed by atoms with Crippen molar-refractivity contribution in [3.8, 4) is 0 Å². The molecule has 2 aliphatic heterocycles. The lowest BCUT2D eigenvalue weighted by atomic mass is 9.82. The third kappa shape index (κ3) is 2.94. The summed E-state index contributed by atoms with van der Waals surface area (Å²) in [6.45, 7) is 4.96. The van der Waals surface area contributed by atoms with Crippen LogP contribution in [0.1, 0.15) is 51.9 Å². The highest BCUT2D eigenvalue weighted by Crippen LogP contribution is 2.28. The zero-order chi connectivity index (χ0) is 10.7. The van der Waals surface area contributed by atoms with Crippen molar-refractivity contribution in [2.24, 2.45) is 0 Å². The third-order valence-electron chi connectivity index (χ3n) is 4.31. The summed E-state index contributed by atoms with van der Waals surface area (Å²) in [5, 5.41) is 3.74. The summed E-state index contributed by atoms with van der Waals surface area (Å²) in [5.41, 5.74) is 0.425. The molecule has 2 atom stereocenters. The number of likely N-dealkylation sites (tertiary alicyclic amines) is 1. The first-order valence-corrected chi connectivity index (χ1v) is 6.65. The molecule has 0 saturated carbocycles. The SMILES string of the molecule is CN1CCCCC1CC1(C)CCCCN1. The molecule has 0 radical (unpaired) electrons. The molecular weight excluding hydrogens is 184 g/mol. The molecule has 0 aliphatic carbocycles. The van der Waals surface area contributed by atoms with Crippen LogP contribution in [0.15, 0.2) is 0 Å². The van der Waals surface area contributed by atoms with Crippen molar-refractivity contribution in [3.05, 3.63) is 0 Å². The largest absolute Gasteiger partial charge is 0.311 e. The van der Waals surface area contributed by atoms with Crippen LogP contribution in [-0.4, -0.2) is 36.6 Å². The first-order chi connectivity index (χ1) is 7.20. The first-order valence-electron chi connectivity index (χ1n) is 6.65. The molecule has 2 saturated heterocycles. The van der Waals surface area contributed by atoms with E-state index in [2.05, 4.69) is 24.2 Å². The highest BCUT2D eigenvalue weighted by molar-refractivity contribution is 4.91. The maximum absolute atomic E-state index is 3.74. The van der Waals surface area contributed by atoms with Crippen LogP contribution in [0.5, 0.6) is 0 Å². The van der Waals surface area contributed by atoms with Crippen molar-refractivity contribution in [1.82, 2.24) is 10.2 Å². The summed E-state index contributed by atoms with van der Waals surface area (Å²) in [4.78, 5) is 2.57. The molecular formula is C13H26N2. The van der Waals surface area contributed by atoms with Gasteiger partial charge in [0.1, 0.15) is 0 Å². The molecule has 2 heteroatoms. The van der Waals surface area contributed by atoms with E-state index in [1.807, 2.05) is 0 Å². The van der Waals surface area contributed by atoms with Gasteiger partial charge in [-0.25, -0.2) is 0 Å². The van der Waals surface area contributed by atoms with Gasteiger partial charge in [0, 0.05) is 11.6 Å². The van der Waals surface area contributed by atoms with Crippen LogP contribution in [0.25, 0.3) is 0 Å². The van der Waals surface area contributed by atoms with Crippen molar-refractivity contribution in [2.75, 3.05) is 20.1 Å². The average molecular weight is 210 g/mol. The van der Waals surface area contributed by atoms with E-state index in [0.29, 0.717) is 5.54 Å². The van der Waals surface area contributed by atoms with Crippen molar-refractivity contribution in [2.45, 2.75) is 63.5 Å². The number of rotatable bonds is 2. The van der Waals surface area contributed by atoms with E-state index in [1.54, 1.807) is 0 Å². The molecule has 1 N–H and O–H groups in total. The van der Waals surface area contributed by atoms with Gasteiger partial charge < -0.3 is 10.2 Å². The molecule has 2 heterocycles. The van der Waals surface area contributed by atoms with Gasteiger partial charge in [0.15, 0.2) is 0 Å². The second-order valence-electron chi connectivity index (χ2n) is 5.78. The Kier molecular flexibility index (Phi) is 3.68. The van der Waals surface area contributed by atoms with E-state index in [0.717, 1.165) is 6.04 Å². The Morgan fingerprint density at radius 3 is 2.80 bits per heavy atom. The minimum Gasteiger partial charge on any atom is -0.311 e. The molecule has 2 nitrogen and oxygen atoms in total. The number of hydrogen-bond acceptors (Lipinski definition) is 2. The van der Waals surface area contributed by atoms with E-state index in [9.17, 15) is 0 Å². The molecule has 2 unspecified atom stereocenters. The predicted octanol–water partition coefficient (Wildman–Crippen LogP) is 2.39. The maximum atomic E-state index is 3.74. The van der Waals surface area contributed by atoms with Crippen LogP contribution in [0, 0.1) is 0 Å². The average Bonchev–Trinajstić information content (AvgIpc) is 2.22. The summed E-state index contributed by atoms with van der Waals surface area (Å²) in [6, 6.07) is 0.828. The van der Waals surface area contributed by atoms with Crippen LogP contribution >= 0.6 is 0 Å². The lowest BCUT2D eigenvalue weighted by molar-refractivity contribution is 0.126. The van der Waals surface area contributed by atoms with Gasteiger partial charge in [-0.1, -0.05) is 12.8 Å². The third-order valence-corrected chi connectivity index (χ3v) is 4.31. The Morgan fingerprint density at radius 2 is 2.13 bits per heavy atom. The van der Waals surface area contributed by atoms with E-state index < -0.39 is 0 Å². The van der Waals surface area contributed by atoms with E-state index >= 15 is 0 Å². The second-order valence-corrected chi connectivity index (χ2v) is 5.78. The molecule has 15 heavy (non-hydrogen) atoms. The molecule has 0 spiro atoms. The van der Waals surface area contributed by atoms with Crippen molar-refractivity contribution in [1.29, 1.82) is 0 Å². The summed E-state index contributed by atoms with van der Waals surface area (Å²) in [6.07, 6.45) is 9.76. The number of hydrogen-bond donors (Lipinski definition) is 1. The Labute approximate surface area is 94.4 Å². The van der Waals surface area contributed by atoms with Crippen molar-refractivity contribution < 1.29 is 0 Å². The highest BCUT2D eigenvalue weighted by Gasteiger charge is 2.31. The Balaban J connectivity index is 1.88. The maximum Gasteiger partial charge on any atom is 0.0168 e. The van der Waals surface area contributed by atoms with Gasteiger partial charge in [-0.15, -0.1) is 0 Å². The highest BCUT2D eigenvalue weighted by atomic mass is 15.1. The topological polar surface area (TPSA) is 15.3 Å². The van der Waals surface area contributed by atoms with Crippen LogP contribution in [0.3, 0.4) is 0 Å². The first kappa shape index (κ1) is 11.4. The Hall–Kier alpha value is -0.0800. The molecule has 2 aliphatic rings. The van der Waals surface area contributed by atoms with E-state index in [4.69, 9.17) is 0 Å². The van der Waals surface area contributed by atoms with Crippen molar-refractivity contribution in [3.63, 3.8) is 0 Å².